The van der Waals surface area contributed by atoms with Crippen molar-refractivity contribution in [3.05, 3.63) is 28.8 Å². The summed E-state index contributed by atoms with van der Waals surface area (Å²) in [6.45, 7) is 5.29. The molecule has 19 heavy (non-hydrogen) atoms. The zero-order valence-corrected chi connectivity index (χ0v) is 12.0. The summed E-state index contributed by atoms with van der Waals surface area (Å²) < 4.78 is 0. The standard InChI is InChI=1S/C13H18ClN3O2/c1-4-13(3,11(15)17-19)12(18)16-9-6-5-8(2)10(14)7-9/h5-7,19H,4H2,1-3H3,(H2,15,17)(H,16,18). The molecule has 6 heteroatoms. The van der Waals surface area contributed by atoms with E-state index in [1.807, 2.05) is 13.0 Å². The summed E-state index contributed by atoms with van der Waals surface area (Å²) in [4.78, 5) is 12.2. The molecule has 0 saturated carbocycles. The highest BCUT2D eigenvalue weighted by Crippen LogP contribution is 2.25. The molecule has 0 bridgehead atoms. The number of carbonyl (C=O) groups excluding carboxylic acids is 1. The number of hydrogen-bond donors (Lipinski definition) is 3. The van der Waals surface area contributed by atoms with Crippen LogP contribution in [0.4, 0.5) is 5.69 Å². The summed E-state index contributed by atoms with van der Waals surface area (Å²) in [6.07, 6.45) is 0.411. The second kappa shape index (κ2) is 5.93. The number of hydrogen-bond acceptors (Lipinski definition) is 3. The SMILES string of the molecule is CCC(C)(C(=O)Nc1ccc(C)c(Cl)c1)/C(N)=N/O. The number of rotatable bonds is 4. The number of nitrogens with one attached hydrogen (secondary N) is 1. The van der Waals surface area contributed by atoms with Gasteiger partial charge in [-0.15, -0.1) is 0 Å². The maximum absolute atomic E-state index is 12.2. The Morgan fingerprint density at radius 3 is 2.68 bits per heavy atom. The van der Waals surface area contributed by atoms with Gasteiger partial charge in [0, 0.05) is 10.7 Å². The summed E-state index contributed by atoms with van der Waals surface area (Å²) in [5.41, 5.74) is 6.02. The van der Waals surface area contributed by atoms with Crippen molar-refractivity contribution in [1.29, 1.82) is 0 Å². The topological polar surface area (TPSA) is 87.7 Å². The minimum Gasteiger partial charge on any atom is -0.409 e. The van der Waals surface area contributed by atoms with Crippen LogP contribution in [0.15, 0.2) is 23.4 Å². The fourth-order valence-electron chi connectivity index (χ4n) is 1.51. The van der Waals surface area contributed by atoms with Crippen molar-refractivity contribution in [1.82, 2.24) is 0 Å². The van der Waals surface area contributed by atoms with E-state index in [1.165, 1.54) is 0 Å². The monoisotopic (exact) mass is 283 g/mol. The third-order valence-corrected chi connectivity index (χ3v) is 3.72. The van der Waals surface area contributed by atoms with Crippen molar-refractivity contribution in [3.8, 4) is 0 Å². The highest BCUT2D eigenvalue weighted by atomic mass is 35.5. The smallest absolute Gasteiger partial charge is 0.238 e. The summed E-state index contributed by atoms with van der Waals surface area (Å²) in [5.74, 6) is -0.462. The highest BCUT2D eigenvalue weighted by Gasteiger charge is 2.36. The molecule has 0 aliphatic rings. The van der Waals surface area contributed by atoms with Gasteiger partial charge in [-0.2, -0.15) is 0 Å². The Labute approximate surface area is 117 Å². The van der Waals surface area contributed by atoms with Crippen LogP contribution in [0, 0.1) is 12.3 Å². The quantitative estimate of drug-likeness (QED) is 0.344. The minimum atomic E-state index is -1.06. The van der Waals surface area contributed by atoms with Crippen LogP contribution in [-0.2, 0) is 4.79 Å². The van der Waals surface area contributed by atoms with Crippen LogP contribution in [0.25, 0.3) is 0 Å². The van der Waals surface area contributed by atoms with E-state index in [-0.39, 0.29) is 11.7 Å². The van der Waals surface area contributed by atoms with Crippen molar-refractivity contribution in [2.75, 3.05) is 5.32 Å². The molecule has 1 unspecified atom stereocenters. The largest absolute Gasteiger partial charge is 0.409 e. The van der Waals surface area contributed by atoms with Gasteiger partial charge in [0.1, 0.15) is 5.41 Å². The number of nitrogens with two attached hydrogens (primary N) is 1. The first-order chi connectivity index (χ1) is 8.85. The Balaban J connectivity index is 2.98. The lowest BCUT2D eigenvalue weighted by atomic mass is 9.85. The Morgan fingerprint density at radius 1 is 1.58 bits per heavy atom. The van der Waals surface area contributed by atoms with Gasteiger partial charge < -0.3 is 16.3 Å². The van der Waals surface area contributed by atoms with E-state index in [9.17, 15) is 4.79 Å². The van der Waals surface area contributed by atoms with Crippen LogP contribution in [0.3, 0.4) is 0 Å². The van der Waals surface area contributed by atoms with Gasteiger partial charge in [0.15, 0.2) is 5.84 Å². The molecule has 1 rings (SSSR count). The van der Waals surface area contributed by atoms with Crippen LogP contribution < -0.4 is 11.1 Å². The lowest BCUT2D eigenvalue weighted by Crippen LogP contribution is -2.44. The number of halogens is 1. The van der Waals surface area contributed by atoms with Crippen molar-refractivity contribution < 1.29 is 10.0 Å². The zero-order valence-electron chi connectivity index (χ0n) is 11.2. The molecule has 104 valence electrons. The van der Waals surface area contributed by atoms with Gasteiger partial charge in [-0.3, -0.25) is 4.79 Å². The minimum absolute atomic E-state index is 0.120. The predicted octanol–water partition coefficient (Wildman–Crippen LogP) is 2.75. The number of nitrogens with zero attached hydrogens (tertiary/aromatic N) is 1. The molecule has 0 aliphatic heterocycles. The van der Waals surface area contributed by atoms with Gasteiger partial charge in [0.2, 0.25) is 5.91 Å². The first-order valence-corrected chi connectivity index (χ1v) is 6.28. The molecule has 1 aromatic rings. The first-order valence-electron chi connectivity index (χ1n) is 5.90. The maximum Gasteiger partial charge on any atom is 0.238 e. The fourth-order valence-corrected chi connectivity index (χ4v) is 1.69. The van der Waals surface area contributed by atoms with E-state index < -0.39 is 5.41 Å². The van der Waals surface area contributed by atoms with Gasteiger partial charge >= 0.3 is 0 Å². The average Bonchev–Trinajstić information content (AvgIpc) is 2.40. The van der Waals surface area contributed by atoms with Gasteiger partial charge in [0.25, 0.3) is 0 Å². The molecule has 5 nitrogen and oxygen atoms in total. The molecule has 1 atom stereocenters. The normalized spacial score (nSPS) is 14.8. The highest BCUT2D eigenvalue weighted by molar-refractivity contribution is 6.31. The molecule has 0 aliphatic carbocycles. The van der Waals surface area contributed by atoms with E-state index in [0.29, 0.717) is 17.1 Å². The summed E-state index contributed by atoms with van der Waals surface area (Å²) in [6, 6.07) is 5.23. The fraction of sp³-hybridized carbons (Fsp3) is 0.385. The van der Waals surface area contributed by atoms with Crippen LogP contribution >= 0.6 is 11.6 Å². The number of amidine groups is 1. The first kappa shape index (κ1) is 15.3. The summed E-state index contributed by atoms with van der Waals surface area (Å²) >= 11 is 6.00. The number of oxime groups is 1. The Bertz CT molecular complexity index is 517. The Hall–Kier alpha value is -1.75. The average molecular weight is 284 g/mol. The second-order valence-corrected chi connectivity index (χ2v) is 5.00. The molecular formula is C13H18ClN3O2. The van der Waals surface area contributed by atoms with Gasteiger partial charge in [-0.05, 0) is 38.0 Å². The van der Waals surface area contributed by atoms with Crippen molar-refractivity contribution in [2.45, 2.75) is 27.2 Å². The van der Waals surface area contributed by atoms with Crippen LogP contribution in [0.2, 0.25) is 5.02 Å². The van der Waals surface area contributed by atoms with Crippen LogP contribution in [0.5, 0.6) is 0 Å². The Morgan fingerprint density at radius 2 is 2.21 bits per heavy atom. The van der Waals surface area contributed by atoms with Gasteiger partial charge in [-0.1, -0.05) is 29.7 Å². The van der Waals surface area contributed by atoms with E-state index in [0.717, 1.165) is 5.56 Å². The summed E-state index contributed by atoms with van der Waals surface area (Å²) in [5, 5.41) is 15.0. The molecule has 0 fully saturated rings. The van der Waals surface area contributed by atoms with Crippen LogP contribution in [0.1, 0.15) is 25.8 Å². The number of anilines is 1. The van der Waals surface area contributed by atoms with Crippen LogP contribution in [-0.4, -0.2) is 17.0 Å². The van der Waals surface area contributed by atoms with Gasteiger partial charge in [0.05, 0.1) is 0 Å². The van der Waals surface area contributed by atoms with Crippen molar-refractivity contribution in [2.24, 2.45) is 16.3 Å². The maximum atomic E-state index is 12.2. The van der Waals surface area contributed by atoms with Gasteiger partial charge in [-0.25, -0.2) is 0 Å². The molecule has 0 spiro atoms. The van der Waals surface area contributed by atoms with E-state index in [1.54, 1.807) is 26.0 Å². The molecule has 1 amide bonds. The molecular weight excluding hydrogens is 266 g/mol. The number of aryl methyl sites for hydroxylation is 1. The Kier molecular flexibility index (Phi) is 4.78. The van der Waals surface area contributed by atoms with Crippen molar-refractivity contribution in [3.63, 3.8) is 0 Å². The molecule has 4 N–H and O–H groups in total. The third-order valence-electron chi connectivity index (χ3n) is 3.31. The molecule has 0 saturated heterocycles. The number of benzene rings is 1. The predicted molar refractivity (Wildman–Crippen MR) is 76.6 cm³/mol. The molecule has 0 heterocycles. The lowest BCUT2D eigenvalue weighted by Gasteiger charge is -2.25. The molecule has 0 radical (unpaired) electrons. The molecule has 0 aromatic heterocycles. The number of amides is 1. The summed E-state index contributed by atoms with van der Waals surface area (Å²) in [7, 11) is 0. The lowest BCUT2D eigenvalue weighted by molar-refractivity contribution is -0.121. The third kappa shape index (κ3) is 3.17. The van der Waals surface area contributed by atoms with E-state index >= 15 is 0 Å². The van der Waals surface area contributed by atoms with E-state index in [4.69, 9.17) is 22.5 Å². The van der Waals surface area contributed by atoms with Crippen molar-refractivity contribution >= 4 is 29.0 Å². The number of carbonyl (C=O) groups is 1. The molecule has 1 aromatic carbocycles. The zero-order chi connectivity index (χ0) is 14.6. The second-order valence-electron chi connectivity index (χ2n) is 4.59. The van der Waals surface area contributed by atoms with E-state index in [2.05, 4.69) is 10.5 Å².